The van der Waals surface area contributed by atoms with Crippen LogP contribution in [0.1, 0.15) is 25.0 Å². The van der Waals surface area contributed by atoms with Crippen LogP contribution >= 0.6 is 0 Å². The summed E-state index contributed by atoms with van der Waals surface area (Å²) >= 11 is 0. The van der Waals surface area contributed by atoms with Gasteiger partial charge in [0.2, 0.25) is 0 Å². The highest BCUT2D eigenvalue weighted by Crippen LogP contribution is 2.21. The number of hydrogen-bond donors (Lipinski definition) is 0. The Morgan fingerprint density at radius 1 is 1.23 bits per heavy atom. The van der Waals surface area contributed by atoms with Crippen molar-refractivity contribution in [3.63, 3.8) is 0 Å². The van der Waals surface area contributed by atoms with Gasteiger partial charge in [0.25, 0.3) is 0 Å². The lowest BCUT2D eigenvalue weighted by molar-refractivity contribution is 1.29. The molecule has 0 aliphatic carbocycles. The summed E-state index contributed by atoms with van der Waals surface area (Å²) in [4.78, 5) is 3.94. The Hall–Kier alpha value is -1.37. The van der Waals surface area contributed by atoms with Crippen LogP contribution in [0.15, 0.2) is 35.0 Å². The molecule has 0 radical (unpaired) electrons. The molecule has 1 aromatic rings. The first-order chi connectivity index (χ1) is 6.16. The van der Waals surface area contributed by atoms with Gasteiger partial charge in [-0.3, -0.25) is 4.99 Å². The number of rotatable bonds is 2. The van der Waals surface area contributed by atoms with Crippen LogP contribution in [0.2, 0.25) is 0 Å². The molecule has 0 atom stereocenters. The van der Waals surface area contributed by atoms with Crippen LogP contribution in [0, 0.1) is 6.92 Å². The van der Waals surface area contributed by atoms with Gasteiger partial charge in [-0.1, -0.05) is 24.3 Å². The average molecular weight is 173 g/mol. The van der Waals surface area contributed by atoms with Gasteiger partial charge in [-0.25, -0.2) is 0 Å². The number of aryl methyl sites for hydroxylation is 1. The lowest BCUT2D eigenvalue weighted by atomic mass is 10.0. The van der Waals surface area contributed by atoms with Crippen LogP contribution in [0.25, 0.3) is 5.57 Å². The summed E-state index contributed by atoms with van der Waals surface area (Å²) < 4.78 is 0. The molecule has 68 valence electrons. The van der Waals surface area contributed by atoms with Crippen LogP contribution in [0.5, 0.6) is 0 Å². The highest BCUT2D eigenvalue weighted by Gasteiger charge is 2.01. The van der Waals surface area contributed by atoms with E-state index in [1.165, 1.54) is 16.7 Å². The second-order valence-corrected chi connectivity index (χ2v) is 3.18. The average Bonchev–Trinajstić information content (AvgIpc) is 2.16. The zero-order valence-electron chi connectivity index (χ0n) is 8.46. The Kier molecular flexibility index (Phi) is 3.02. The highest BCUT2D eigenvalue weighted by atomic mass is 14.7. The molecule has 0 bridgehead atoms. The third-order valence-corrected chi connectivity index (χ3v) is 2.33. The van der Waals surface area contributed by atoms with Gasteiger partial charge in [0, 0.05) is 5.70 Å². The standard InChI is InChI=1S/C12H15N/c1-9-7-5-6-8-12(9)10(2)11(3)13-4/h5-8H,4H2,1-3H3/b11-10-. The second kappa shape index (κ2) is 4.04. The van der Waals surface area contributed by atoms with E-state index in [1.54, 1.807) is 0 Å². The van der Waals surface area contributed by atoms with Crippen molar-refractivity contribution in [3.05, 3.63) is 41.1 Å². The number of hydrogen-bond acceptors (Lipinski definition) is 1. The van der Waals surface area contributed by atoms with E-state index in [0.29, 0.717) is 0 Å². The van der Waals surface area contributed by atoms with Crippen LogP contribution in [0.3, 0.4) is 0 Å². The van der Waals surface area contributed by atoms with Crippen molar-refractivity contribution in [1.82, 2.24) is 0 Å². The fraction of sp³-hybridized carbons (Fsp3) is 0.250. The van der Waals surface area contributed by atoms with Gasteiger partial charge < -0.3 is 0 Å². The van der Waals surface area contributed by atoms with Crippen molar-refractivity contribution in [3.8, 4) is 0 Å². The van der Waals surface area contributed by atoms with E-state index in [-0.39, 0.29) is 0 Å². The zero-order valence-corrected chi connectivity index (χ0v) is 8.46. The molecule has 1 aromatic carbocycles. The van der Waals surface area contributed by atoms with E-state index in [0.717, 1.165) is 5.70 Å². The molecule has 0 amide bonds. The Morgan fingerprint density at radius 2 is 1.85 bits per heavy atom. The quantitative estimate of drug-likeness (QED) is 0.607. The summed E-state index contributed by atoms with van der Waals surface area (Å²) in [7, 11) is 0. The normalized spacial score (nSPS) is 12.2. The first kappa shape index (κ1) is 9.72. The predicted molar refractivity (Wildman–Crippen MR) is 59.0 cm³/mol. The molecule has 0 saturated carbocycles. The largest absolute Gasteiger partial charge is 0.269 e. The molecule has 1 nitrogen and oxygen atoms in total. The third-order valence-electron chi connectivity index (χ3n) is 2.33. The van der Waals surface area contributed by atoms with Crippen LogP contribution in [-0.4, -0.2) is 6.72 Å². The molecule has 13 heavy (non-hydrogen) atoms. The van der Waals surface area contributed by atoms with Gasteiger partial charge in [0.05, 0.1) is 0 Å². The molecule has 0 aliphatic heterocycles. The maximum absolute atomic E-state index is 3.94. The predicted octanol–water partition coefficient (Wildman–Crippen LogP) is 3.45. The molecule has 0 fully saturated rings. The Morgan fingerprint density at radius 3 is 2.38 bits per heavy atom. The van der Waals surface area contributed by atoms with Gasteiger partial charge in [0.15, 0.2) is 0 Å². The monoisotopic (exact) mass is 173 g/mol. The Labute approximate surface area is 79.8 Å². The van der Waals surface area contributed by atoms with E-state index < -0.39 is 0 Å². The van der Waals surface area contributed by atoms with Crippen molar-refractivity contribution >= 4 is 12.3 Å². The zero-order chi connectivity index (χ0) is 9.84. The minimum atomic E-state index is 0.995. The first-order valence-corrected chi connectivity index (χ1v) is 4.37. The number of nitrogens with zero attached hydrogens (tertiary/aromatic N) is 1. The summed E-state index contributed by atoms with van der Waals surface area (Å²) in [6.07, 6.45) is 0. The summed E-state index contributed by atoms with van der Waals surface area (Å²) in [6, 6.07) is 8.31. The van der Waals surface area contributed by atoms with E-state index in [2.05, 4.69) is 37.7 Å². The van der Waals surface area contributed by atoms with Crippen molar-refractivity contribution in [2.24, 2.45) is 4.99 Å². The van der Waals surface area contributed by atoms with Gasteiger partial charge in [-0.15, -0.1) is 0 Å². The second-order valence-electron chi connectivity index (χ2n) is 3.18. The number of aliphatic imine (C=N–C) groups is 1. The summed E-state index contributed by atoms with van der Waals surface area (Å²) in [6.45, 7) is 9.69. The van der Waals surface area contributed by atoms with E-state index in [4.69, 9.17) is 0 Å². The fourth-order valence-corrected chi connectivity index (χ4v) is 1.31. The SMILES string of the molecule is C=N/C(C)=C(/C)c1ccccc1C. The maximum atomic E-state index is 3.94. The Balaban J connectivity index is 3.23. The molecule has 0 aromatic heterocycles. The summed E-state index contributed by atoms with van der Waals surface area (Å²) in [5.74, 6) is 0. The molecule has 0 heterocycles. The molecular formula is C12H15N. The molecule has 0 unspecified atom stereocenters. The Bertz CT molecular complexity index is 348. The number of benzene rings is 1. The van der Waals surface area contributed by atoms with Gasteiger partial charge >= 0.3 is 0 Å². The fourth-order valence-electron chi connectivity index (χ4n) is 1.31. The van der Waals surface area contributed by atoms with Crippen molar-refractivity contribution < 1.29 is 0 Å². The summed E-state index contributed by atoms with van der Waals surface area (Å²) in [5, 5.41) is 0. The van der Waals surface area contributed by atoms with Crippen molar-refractivity contribution in [2.45, 2.75) is 20.8 Å². The molecule has 0 saturated heterocycles. The smallest absolute Gasteiger partial charge is 0.0400 e. The highest BCUT2D eigenvalue weighted by molar-refractivity contribution is 5.69. The van der Waals surface area contributed by atoms with Crippen molar-refractivity contribution in [2.75, 3.05) is 0 Å². The van der Waals surface area contributed by atoms with Crippen LogP contribution in [-0.2, 0) is 0 Å². The van der Waals surface area contributed by atoms with Crippen molar-refractivity contribution in [1.29, 1.82) is 0 Å². The molecule has 1 rings (SSSR count). The molecular weight excluding hydrogens is 158 g/mol. The molecule has 0 aliphatic rings. The lowest BCUT2D eigenvalue weighted by Gasteiger charge is -2.06. The minimum absolute atomic E-state index is 0.995. The van der Waals surface area contributed by atoms with E-state index >= 15 is 0 Å². The number of allylic oxidation sites excluding steroid dienone is 2. The van der Waals surface area contributed by atoms with Gasteiger partial charge in [-0.05, 0) is 44.2 Å². The van der Waals surface area contributed by atoms with Gasteiger partial charge in [-0.2, -0.15) is 0 Å². The topological polar surface area (TPSA) is 12.4 Å². The molecule has 0 spiro atoms. The van der Waals surface area contributed by atoms with Gasteiger partial charge in [0.1, 0.15) is 0 Å². The molecule has 1 heteroatoms. The summed E-state index contributed by atoms with van der Waals surface area (Å²) in [5.41, 5.74) is 4.73. The van der Waals surface area contributed by atoms with E-state index in [9.17, 15) is 0 Å². The first-order valence-electron chi connectivity index (χ1n) is 4.37. The van der Waals surface area contributed by atoms with Crippen LogP contribution < -0.4 is 0 Å². The van der Waals surface area contributed by atoms with Crippen LogP contribution in [0.4, 0.5) is 0 Å². The van der Waals surface area contributed by atoms with E-state index in [1.807, 2.05) is 19.1 Å². The molecule has 0 N–H and O–H groups in total. The lowest BCUT2D eigenvalue weighted by Crippen LogP contribution is -1.86. The maximum Gasteiger partial charge on any atom is 0.0400 e. The third kappa shape index (κ3) is 2.05. The minimum Gasteiger partial charge on any atom is -0.269 e.